The minimum absolute atomic E-state index is 0.130. The maximum Gasteiger partial charge on any atom is 0.264 e. The molecule has 0 saturated heterocycles. The molecule has 0 aliphatic heterocycles. The molecule has 0 unspecified atom stereocenters. The molecule has 0 atom stereocenters. The van der Waals surface area contributed by atoms with Crippen molar-refractivity contribution in [2.75, 3.05) is 16.2 Å². The van der Waals surface area contributed by atoms with Crippen molar-refractivity contribution < 1.29 is 13.2 Å². The summed E-state index contributed by atoms with van der Waals surface area (Å²) in [5.41, 5.74) is 2.00. The molecule has 1 N–H and O–H groups in total. The number of aryl methyl sites for hydroxylation is 1. The van der Waals surface area contributed by atoms with E-state index < -0.39 is 15.9 Å². The maximum atomic E-state index is 13.2. The first kappa shape index (κ1) is 21.8. The van der Waals surface area contributed by atoms with Gasteiger partial charge in [0.1, 0.15) is 6.54 Å². The van der Waals surface area contributed by atoms with E-state index in [-0.39, 0.29) is 11.4 Å². The van der Waals surface area contributed by atoms with Gasteiger partial charge in [0, 0.05) is 13.7 Å². The van der Waals surface area contributed by atoms with E-state index >= 15 is 0 Å². The van der Waals surface area contributed by atoms with Crippen LogP contribution in [0.15, 0.2) is 82.2 Å². The van der Waals surface area contributed by atoms with Crippen molar-refractivity contribution in [3.8, 4) is 0 Å². The topological polar surface area (TPSA) is 66.5 Å². The van der Waals surface area contributed by atoms with Crippen LogP contribution in [0.2, 0.25) is 0 Å². The third-order valence-electron chi connectivity index (χ3n) is 4.17. The molecular weight excluding hydrogens is 567 g/mol. The van der Waals surface area contributed by atoms with Gasteiger partial charge in [-0.25, -0.2) is 8.42 Å². The van der Waals surface area contributed by atoms with Gasteiger partial charge in [-0.3, -0.25) is 9.10 Å². The van der Waals surface area contributed by atoms with Crippen LogP contribution in [0.5, 0.6) is 0 Å². The zero-order valence-electron chi connectivity index (χ0n) is 15.5. The Labute approximate surface area is 192 Å². The molecule has 0 spiro atoms. The molecule has 0 aliphatic carbocycles. The second-order valence-corrected chi connectivity index (χ2v) is 10.3. The summed E-state index contributed by atoms with van der Waals surface area (Å²) in [5, 5.41) is 2.78. The number of carbonyl (C=O) groups excluding carboxylic acids is 1. The fraction of sp³-hybridized carbons (Fsp3) is 0.0952. The summed E-state index contributed by atoms with van der Waals surface area (Å²) in [5.74, 6) is -0.426. The number of halogens is 2. The number of hydrogen-bond acceptors (Lipinski definition) is 3. The summed E-state index contributed by atoms with van der Waals surface area (Å²) in [7, 11) is -3.91. The number of benzene rings is 3. The van der Waals surface area contributed by atoms with Gasteiger partial charge in [0.15, 0.2) is 0 Å². The van der Waals surface area contributed by atoms with E-state index in [1.807, 2.05) is 19.1 Å². The summed E-state index contributed by atoms with van der Waals surface area (Å²) >= 11 is 5.57. The van der Waals surface area contributed by atoms with Gasteiger partial charge in [-0.1, -0.05) is 34.1 Å². The molecule has 0 heterocycles. The summed E-state index contributed by atoms with van der Waals surface area (Å²) in [4.78, 5) is 12.8. The Morgan fingerprint density at radius 2 is 1.69 bits per heavy atom. The van der Waals surface area contributed by atoms with Gasteiger partial charge >= 0.3 is 0 Å². The predicted molar refractivity (Wildman–Crippen MR) is 128 cm³/mol. The lowest BCUT2D eigenvalue weighted by Gasteiger charge is -2.24. The lowest BCUT2D eigenvalue weighted by atomic mass is 10.2. The largest absolute Gasteiger partial charge is 0.325 e. The van der Waals surface area contributed by atoms with Crippen molar-refractivity contribution >= 4 is 65.8 Å². The molecule has 0 radical (unpaired) electrons. The number of anilines is 2. The van der Waals surface area contributed by atoms with Crippen molar-refractivity contribution in [2.24, 2.45) is 0 Å². The van der Waals surface area contributed by atoms with E-state index in [1.165, 1.54) is 12.1 Å². The lowest BCUT2D eigenvalue weighted by Crippen LogP contribution is -2.38. The molecule has 8 heteroatoms. The molecule has 0 fully saturated rings. The number of nitrogens with one attached hydrogen (secondary N) is 1. The normalized spacial score (nSPS) is 11.1. The minimum atomic E-state index is -3.91. The average Bonchev–Trinajstić information content (AvgIpc) is 2.70. The molecule has 0 bridgehead atoms. The van der Waals surface area contributed by atoms with Crippen LogP contribution in [0.1, 0.15) is 5.56 Å². The predicted octanol–water partition coefficient (Wildman–Crippen LogP) is 5.20. The third kappa shape index (κ3) is 5.37. The highest BCUT2D eigenvalue weighted by Crippen LogP contribution is 2.25. The van der Waals surface area contributed by atoms with Crippen LogP contribution in [0.25, 0.3) is 0 Å². The monoisotopic (exact) mass is 584 g/mol. The molecule has 5 nitrogen and oxygen atoms in total. The molecular formula is C21H18BrIN2O3S. The van der Waals surface area contributed by atoms with E-state index in [9.17, 15) is 13.2 Å². The molecule has 3 rings (SSSR count). The molecule has 1 amide bonds. The number of rotatable bonds is 6. The summed E-state index contributed by atoms with van der Waals surface area (Å²) < 4.78 is 29.5. The second-order valence-electron chi connectivity index (χ2n) is 6.31. The van der Waals surface area contributed by atoms with Crippen molar-refractivity contribution in [3.63, 3.8) is 0 Å². The summed E-state index contributed by atoms with van der Waals surface area (Å²) in [6.07, 6.45) is 0. The van der Waals surface area contributed by atoms with E-state index in [4.69, 9.17) is 0 Å². The smallest absolute Gasteiger partial charge is 0.264 e. The van der Waals surface area contributed by atoms with Gasteiger partial charge in [0.2, 0.25) is 5.91 Å². The van der Waals surface area contributed by atoms with E-state index in [1.54, 1.807) is 48.5 Å². The van der Waals surface area contributed by atoms with Gasteiger partial charge in [0.05, 0.1) is 10.6 Å². The molecule has 3 aromatic carbocycles. The summed E-state index contributed by atoms with van der Waals surface area (Å²) in [6.45, 7) is 1.57. The van der Waals surface area contributed by atoms with Crippen LogP contribution in [-0.2, 0) is 14.8 Å². The number of nitrogens with zero attached hydrogens (tertiary/aromatic N) is 1. The highest BCUT2D eigenvalue weighted by molar-refractivity contribution is 14.1. The van der Waals surface area contributed by atoms with Gasteiger partial charge < -0.3 is 5.32 Å². The number of carbonyl (C=O) groups is 1. The zero-order valence-corrected chi connectivity index (χ0v) is 20.0. The van der Waals surface area contributed by atoms with Crippen molar-refractivity contribution in [1.29, 1.82) is 0 Å². The maximum absolute atomic E-state index is 13.2. The summed E-state index contributed by atoms with van der Waals surface area (Å²) in [6, 6.07) is 20.5. The van der Waals surface area contributed by atoms with Gasteiger partial charge in [-0.2, -0.15) is 0 Å². The Kier molecular flexibility index (Phi) is 6.97. The Balaban J connectivity index is 1.92. The van der Waals surface area contributed by atoms with Crippen molar-refractivity contribution in [2.45, 2.75) is 11.8 Å². The third-order valence-corrected chi connectivity index (χ3v) is 7.57. The van der Waals surface area contributed by atoms with Crippen molar-refractivity contribution in [3.05, 3.63) is 86.4 Å². The fourth-order valence-corrected chi connectivity index (χ4v) is 4.74. The number of sulfonamides is 1. The Morgan fingerprint density at radius 1 is 1.03 bits per heavy atom. The molecule has 29 heavy (non-hydrogen) atoms. The molecule has 3 aromatic rings. The number of amides is 1. The van der Waals surface area contributed by atoms with E-state index in [0.29, 0.717) is 11.4 Å². The first-order valence-electron chi connectivity index (χ1n) is 8.67. The quantitative estimate of drug-likeness (QED) is 0.405. The van der Waals surface area contributed by atoms with E-state index in [0.717, 1.165) is 17.9 Å². The second kappa shape index (κ2) is 9.27. The number of hydrogen-bond donors (Lipinski definition) is 1. The van der Waals surface area contributed by atoms with E-state index in [2.05, 4.69) is 43.8 Å². The van der Waals surface area contributed by atoms with Crippen LogP contribution < -0.4 is 9.62 Å². The van der Waals surface area contributed by atoms with Crippen molar-refractivity contribution in [1.82, 2.24) is 0 Å². The Bertz CT molecular complexity index is 1120. The molecule has 0 aliphatic rings. The van der Waals surface area contributed by atoms with Crippen LogP contribution in [0.4, 0.5) is 11.4 Å². The highest BCUT2D eigenvalue weighted by atomic mass is 127. The van der Waals surface area contributed by atoms with Crippen LogP contribution in [-0.4, -0.2) is 20.9 Å². The molecule has 0 aromatic heterocycles. The fourth-order valence-electron chi connectivity index (χ4n) is 2.70. The standard InChI is InChI=1S/C21H18BrIN2O3S/c1-15-13-17(9-12-20(15)22)24-21(26)14-25(18-10-7-16(23)8-11-18)29(27,28)19-5-3-2-4-6-19/h2-13H,14H2,1H3,(H,24,26). The Hall–Kier alpha value is -1.91. The minimum Gasteiger partial charge on any atom is -0.325 e. The SMILES string of the molecule is Cc1cc(NC(=O)CN(c2ccc(I)cc2)S(=O)(=O)c2ccccc2)ccc1Br. The molecule has 0 saturated carbocycles. The van der Waals surface area contributed by atoms with Gasteiger partial charge in [-0.15, -0.1) is 0 Å². The lowest BCUT2D eigenvalue weighted by molar-refractivity contribution is -0.114. The zero-order chi connectivity index (χ0) is 21.0. The highest BCUT2D eigenvalue weighted by Gasteiger charge is 2.27. The van der Waals surface area contributed by atoms with Crippen LogP contribution >= 0.6 is 38.5 Å². The van der Waals surface area contributed by atoms with Gasteiger partial charge in [0.25, 0.3) is 10.0 Å². The average molecular weight is 585 g/mol. The molecule has 150 valence electrons. The van der Waals surface area contributed by atoms with Crippen LogP contribution in [0, 0.1) is 10.5 Å². The van der Waals surface area contributed by atoms with Gasteiger partial charge in [-0.05, 0) is 89.7 Å². The van der Waals surface area contributed by atoms with Crippen LogP contribution in [0.3, 0.4) is 0 Å². The first-order chi connectivity index (χ1) is 13.8. The first-order valence-corrected chi connectivity index (χ1v) is 12.0. The Morgan fingerprint density at radius 3 is 2.31 bits per heavy atom.